The van der Waals surface area contributed by atoms with E-state index >= 15 is 0 Å². The summed E-state index contributed by atoms with van der Waals surface area (Å²) in [6.07, 6.45) is 10.5. The molecule has 0 aromatic heterocycles. The van der Waals surface area contributed by atoms with E-state index in [9.17, 15) is 0 Å². The quantitative estimate of drug-likeness (QED) is 0.659. The Kier molecular flexibility index (Phi) is 4.20. The summed E-state index contributed by atoms with van der Waals surface area (Å²) in [5.74, 6) is 0. The van der Waals surface area contributed by atoms with Crippen molar-refractivity contribution in [1.29, 1.82) is 0 Å². The van der Waals surface area contributed by atoms with Crippen molar-refractivity contribution < 1.29 is 0 Å². The maximum Gasteiger partial charge on any atom is 0.0520 e. The molecule has 0 aromatic carbocycles. The number of hydrogen-bond acceptors (Lipinski definition) is 2. The molecule has 1 saturated carbocycles. The molecule has 1 rings (SSSR count). The van der Waals surface area contributed by atoms with Gasteiger partial charge in [-0.3, -0.25) is 0 Å². The van der Waals surface area contributed by atoms with Gasteiger partial charge in [0.05, 0.1) is 6.17 Å². The van der Waals surface area contributed by atoms with Gasteiger partial charge in [0.2, 0.25) is 0 Å². The van der Waals surface area contributed by atoms with Gasteiger partial charge in [-0.2, -0.15) is 0 Å². The van der Waals surface area contributed by atoms with Crippen LogP contribution in [0.1, 0.15) is 58.3 Å². The van der Waals surface area contributed by atoms with E-state index in [1.54, 1.807) is 0 Å². The number of rotatable bonds is 4. The predicted octanol–water partition coefficient (Wildman–Crippen LogP) is 2.37. The van der Waals surface area contributed by atoms with Crippen LogP contribution >= 0.6 is 0 Å². The summed E-state index contributed by atoms with van der Waals surface area (Å²) in [5.41, 5.74) is 11.7. The molecule has 0 bridgehead atoms. The molecular weight excluding hydrogens is 160 g/mol. The first kappa shape index (κ1) is 11.0. The van der Waals surface area contributed by atoms with Crippen LogP contribution in [0.2, 0.25) is 0 Å². The summed E-state index contributed by atoms with van der Waals surface area (Å²) in [5, 5.41) is 0. The summed E-state index contributed by atoms with van der Waals surface area (Å²) in [4.78, 5) is 0. The first-order chi connectivity index (χ1) is 6.12. The average molecular weight is 184 g/mol. The van der Waals surface area contributed by atoms with Gasteiger partial charge < -0.3 is 11.5 Å². The van der Waals surface area contributed by atoms with Gasteiger partial charge in [-0.15, -0.1) is 0 Å². The Morgan fingerprint density at radius 2 is 1.77 bits per heavy atom. The van der Waals surface area contributed by atoms with Gasteiger partial charge in [0.1, 0.15) is 0 Å². The van der Waals surface area contributed by atoms with E-state index in [2.05, 4.69) is 6.92 Å². The lowest BCUT2D eigenvalue weighted by atomic mass is 9.72. The van der Waals surface area contributed by atoms with Crippen molar-refractivity contribution in [2.75, 3.05) is 0 Å². The van der Waals surface area contributed by atoms with E-state index in [1.807, 2.05) is 0 Å². The minimum atomic E-state index is -0.104. The summed E-state index contributed by atoms with van der Waals surface area (Å²) in [7, 11) is 0. The highest BCUT2D eigenvalue weighted by atomic mass is 14.8. The van der Waals surface area contributed by atoms with E-state index in [1.165, 1.54) is 44.9 Å². The molecule has 0 radical (unpaired) electrons. The zero-order chi connectivity index (χ0) is 9.73. The first-order valence-electron chi connectivity index (χ1n) is 5.64. The second kappa shape index (κ2) is 4.97. The van der Waals surface area contributed by atoms with Gasteiger partial charge in [0, 0.05) is 0 Å². The Bertz CT molecular complexity index is 137. The van der Waals surface area contributed by atoms with Gasteiger partial charge in [0.15, 0.2) is 0 Å². The molecule has 0 aliphatic heterocycles. The molecule has 2 nitrogen and oxygen atoms in total. The molecule has 1 aliphatic carbocycles. The van der Waals surface area contributed by atoms with Crippen molar-refractivity contribution in [3.05, 3.63) is 0 Å². The lowest BCUT2D eigenvalue weighted by Gasteiger charge is -2.33. The minimum Gasteiger partial charge on any atom is -0.316 e. The average Bonchev–Trinajstić information content (AvgIpc) is 2.04. The second-order valence-corrected chi connectivity index (χ2v) is 4.93. The zero-order valence-electron chi connectivity index (χ0n) is 8.89. The zero-order valence-corrected chi connectivity index (χ0v) is 8.89. The monoisotopic (exact) mass is 184 g/mol. The molecule has 4 N–H and O–H groups in total. The summed E-state index contributed by atoms with van der Waals surface area (Å²) < 4.78 is 0. The molecule has 0 unspecified atom stereocenters. The lowest BCUT2D eigenvalue weighted by Crippen LogP contribution is -2.30. The van der Waals surface area contributed by atoms with Gasteiger partial charge in [0.25, 0.3) is 0 Å². The third-order valence-electron chi connectivity index (χ3n) is 3.38. The molecule has 0 saturated heterocycles. The van der Waals surface area contributed by atoms with Crippen LogP contribution in [-0.4, -0.2) is 6.17 Å². The SMILES string of the molecule is CC1(CCCC(N)N)CCCCC1. The van der Waals surface area contributed by atoms with Crippen LogP contribution in [0.25, 0.3) is 0 Å². The van der Waals surface area contributed by atoms with Crippen molar-refractivity contribution in [2.45, 2.75) is 64.5 Å². The van der Waals surface area contributed by atoms with Crippen LogP contribution in [0.3, 0.4) is 0 Å². The van der Waals surface area contributed by atoms with Crippen molar-refractivity contribution >= 4 is 0 Å². The number of hydrogen-bond donors (Lipinski definition) is 2. The largest absolute Gasteiger partial charge is 0.316 e. The van der Waals surface area contributed by atoms with E-state index in [4.69, 9.17) is 11.5 Å². The van der Waals surface area contributed by atoms with Crippen LogP contribution in [-0.2, 0) is 0 Å². The normalized spacial score (nSPS) is 22.2. The molecule has 1 fully saturated rings. The highest BCUT2D eigenvalue weighted by molar-refractivity contribution is 4.78. The van der Waals surface area contributed by atoms with Crippen molar-refractivity contribution in [3.8, 4) is 0 Å². The topological polar surface area (TPSA) is 52.0 Å². The van der Waals surface area contributed by atoms with Gasteiger partial charge in [-0.05, 0) is 31.1 Å². The fourth-order valence-electron chi connectivity index (χ4n) is 2.42. The summed E-state index contributed by atoms with van der Waals surface area (Å²) in [6.45, 7) is 2.42. The first-order valence-corrected chi connectivity index (χ1v) is 5.64. The van der Waals surface area contributed by atoms with Crippen molar-refractivity contribution in [2.24, 2.45) is 16.9 Å². The molecule has 1 aliphatic rings. The smallest absolute Gasteiger partial charge is 0.0520 e. The van der Waals surface area contributed by atoms with Crippen LogP contribution < -0.4 is 11.5 Å². The second-order valence-electron chi connectivity index (χ2n) is 4.93. The van der Waals surface area contributed by atoms with Gasteiger partial charge in [-0.25, -0.2) is 0 Å². The predicted molar refractivity (Wildman–Crippen MR) is 57.2 cm³/mol. The van der Waals surface area contributed by atoms with Crippen molar-refractivity contribution in [1.82, 2.24) is 0 Å². The lowest BCUT2D eigenvalue weighted by molar-refractivity contribution is 0.191. The maximum atomic E-state index is 5.53. The van der Waals surface area contributed by atoms with Gasteiger partial charge in [-0.1, -0.05) is 32.6 Å². The molecule has 0 amide bonds. The Morgan fingerprint density at radius 1 is 1.15 bits per heavy atom. The highest BCUT2D eigenvalue weighted by Gasteiger charge is 2.25. The number of nitrogens with two attached hydrogens (primary N) is 2. The molecule has 0 heterocycles. The fraction of sp³-hybridized carbons (Fsp3) is 1.00. The molecule has 78 valence electrons. The third kappa shape index (κ3) is 4.10. The Balaban J connectivity index is 2.17. The van der Waals surface area contributed by atoms with Crippen LogP contribution in [0, 0.1) is 5.41 Å². The molecule has 0 spiro atoms. The third-order valence-corrected chi connectivity index (χ3v) is 3.38. The Hall–Kier alpha value is -0.0800. The maximum absolute atomic E-state index is 5.53. The van der Waals surface area contributed by atoms with Crippen LogP contribution in [0.5, 0.6) is 0 Å². The van der Waals surface area contributed by atoms with Gasteiger partial charge >= 0.3 is 0 Å². The standard InChI is InChI=1S/C11H24N2/c1-11(7-3-2-4-8-11)9-5-6-10(12)13/h10H,2-9,12-13H2,1H3. The van der Waals surface area contributed by atoms with Crippen LogP contribution in [0.15, 0.2) is 0 Å². The fourth-order valence-corrected chi connectivity index (χ4v) is 2.42. The molecule has 2 heteroatoms. The summed E-state index contributed by atoms with van der Waals surface area (Å²) >= 11 is 0. The van der Waals surface area contributed by atoms with E-state index in [0.29, 0.717) is 5.41 Å². The molecule has 13 heavy (non-hydrogen) atoms. The molecular formula is C11H24N2. The molecule has 0 atom stereocenters. The minimum absolute atomic E-state index is 0.104. The van der Waals surface area contributed by atoms with E-state index in [-0.39, 0.29) is 6.17 Å². The van der Waals surface area contributed by atoms with E-state index in [0.717, 1.165) is 6.42 Å². The van der Waals surface area contributed by atoms with Crippen molar-refractivity contribution in [3.63, 3.8) is 0 Å². The Labute approximate surface area is 82.1 Å². The molecule has 0 aromatic rings. The van der Waals surface area contributed by atoms with E-state index < -0.39 is 0 Å². The summed E-state index contributed by atoms with van der Waals surface area (Å²) in [6, 6.07) is 0. The Morgan fingerprint density at radius 3 is 2.31 bits per heavy atom. The van der Waals surface area contributed by atoms with Crippen LogP contribution in [0.4, 0.5) is 0 Å². The highest BCUT2D eigenvalue weighted by Crippen LogP contribution is 2.39.